The van der Waals surface area contributed by atoms with Crippen LogP contribution >= 0.6 is 23.2 Å². The molecule has 128 valence electrons. The van der Waals surface area contributed by atoms with Crippen LogP contribution < -0.4 is 10.9 Å². The van der Waals surface area contributed by atoms with Crippen molar-refractivity contribution >= 4 is 45.8 Å². The maximum absolute atomic E-state index is 12.2. The van der Waals surface area contributed by atoms with Gasteiger partial charge in [0.1, 0.15) is 10.8 Å². The fourth-order valence-electron chi connectivity index (χ4n) is 2.61. The number of amides is 2. The number of carbonyl (C=O) groups is 2. The molecule has 25 heavy (non-hydrogen) atoms. The molecule has 0 saturated heterocycles. The molecule has 1 aromatic heterocycles. The van der Waals surface area contributed by atoms with Crippen LogP contribution in [0.1, 0.15) is 16.1 Å². The summed E-state index contributed by atoms with van der Waals surface area (Å²) in [5.74, 6) is -0.821. The van der Waals surface area contributed by atoms with Crippen LogP contribution in [0.3, 0.4) is 0 Å². The van der Waals surface area contributed by atoms with Crippen molar-refractivity contribution in [2.45, 2.75) is 6.42 Å². The van der Waals surface area contributed by atoms with Crippen LogP contribution in [-0.2, 0) is 18.3 Å². The Balaban J connectivity index is 1.66. The van der Waals surface area contributed by atoms with Crippen LogP contribution in [0.15, 0.2) is 48.5 Å². The molecule has 0 spiro atoms. The maximum atomic E-state index is 12.2. The van der Waals surface area contributed by atoms with E-state index >= 15 is 0 Å². The second-order valence-electron chi connectivity index (χ2n) is 5.54. The first kappa shape index (κ1) is 17.3. The number of nitrogens with one attached hydrogen (secondary N) is 2. The average molecular weight is 376 g/mol. The highest BCUT2D eigenvalue weighted by Crippen LogP contribution is 2.25. The van der Waals surface area contributed by atoms with Crippen LogP contribution in [0.2, 0.25) is 10.2 Å². The van der Waals surface area contributed by atoms with E-state index in [1.54, 1.807) is 7.05 Å². The molecule has 2 N–H and O–H groups in total. The lowest BCUT2D eigenvalue weighted by Crippen LogP contribution is -2.43. The number of hydrogen-bond acceptors (Lipinski definition) is 2. The lowest BCUT2D eigenvalue weighted by Gasteiger charge is -2.09. The van der Waals surface area contributed by atoms with Gasteiger partial charge in [0.05, 0.1) is 11.4 Å². The Labute approximate surface area is 154 Å². The Hall–Kier alpha value is -2.50. The van der Waals surface area contributed by atoms with Gasteiger partial charge in [-0.2, -0.15) is 0 Å². The second kappa shape index (κ2) is 7.17. The van der Waals surface area contributed by atoms with Crippen LogP contribution in [0.4, 0.5) is 0 Å². The molecule has 2 amide bonds. The van der Waals surface area contributed by atoms with E-state index in [1.807, 2.05) is 42.5 Å². The van der Waals surface area contributed by atoms with E-state index in [4.69, 9.17) is 23.2 Å². The van der Waals surface area contributed by atoms with E-state index in [9.17, 15) is 9.59 Å². The number of benzene rings is 2. The molecule has 0 bridgehead atoms. The molecule has 0 aliphatic heterocycles. The number of hydrazine groups is 1. The van der Waals surface area contributed by atoms with Gasteiger partial charge in [0.25, 0.3) is 5.91 Å². The molecule has 0 atom stereocenters. The van der Waals surface area contributed by atoms with Gasteiger partial charge in [-0.25, -0.2) is 0 Å². The Bertz CT molecular complexity index is 961. The van der Waals surface area contributed by atoms with Crippen molar-refractivity contribution in [2.75, 3.05) is 0 Å². The van der Waals surface area contributed by atoms with E-state index in [0.717, 1.165) is 16.3 Å². The fourth-order valence-corrected chi connectivity index (χ4v) is 2.99. The van der Waals surface area contributed by atoms with Crippen molar-refractivity contribution in [2.24, 2.45) is 7.05 Å². The highest BCUT2D eigenvalue weighted by molar-refractivity contribution is 6.41. The van der Waals surface area contributed by atoms with Gasteiger partial charge >= 0.3 is 0 Å². The molecule has 0 saturated carbocycles. The summed E-state index contributed by atoms with van der Waals surface area (Å²) in [7, 11) is 1.61. The molecule has 7 heteroatoms. The van der Waals surface area contributed by atoms with E-state index in [2.05, 4.69) is 10.9 Å². The summed E-state index contributed by atoms with van der Waals surface area (Å²) >= 11 is 11.8. The van der Waals surface area contributed by atoms with Crippen molar-refractivity contribution in [3.63, 3.8) is 0 Å². The summed E-state index contributed by atoms with van der Waals surface area (Å²) in [4.78, 5) is 24.3. The zero-order valence-corrected chi connectivity index (χ0v) is 14.9. The van der Waals surface area contributed by atoms with E-state index in [0.29, 0.717) is 0 Å². The molecular weight excluding hydrogens is 361 g/mol. The Morgan fingerprint density at radius 3 is 2.48 bits per heavy atom. The van der Waals surface area contributed by atoms with E-state index in [1.165, 1.54) is 10.6 Å². The number of aromatic nitrogens is 1. The van der Waals surface area contributed by atoms with Crippen molar-refractivity contribution < 1.29 is 9.59 Å². The largest absolute Gasteiger partial charge is 0.329 e. The van der Waals surface area contributed by atoms with Gasteiger partial charge in [-0.1, -0.05) is 65.7 Å². The van der Waals surface area contributed by atoms with Gasteiger partial charge in [-0.05, 0) is 22.4 Å². The van der Waals surface area contributed by atoms with Crippen molar-refractivity contribution in [1.29, 1.82) is 0 Å². The van der Waals surface area contributed by atoms with Crippen LogP contribution in [0, 0.1) is 0 Å². The lowest BCUT2D eigenvalue weighted by atomic mass is 10.0. The Morgan fingerprint density at radius 1 is 1.04 bits per heavy atom. The fraction of sp³-hybridized carbons (Fsp3) is 0.111. The molecule has 0 aliphatic rings. The number of carbonyl (C=O) groups excluding carboxylic acids is 2. The minimum Gasteiger partial charge on any atom is -0.329 e. The summed E-state index contributed by atoms with van der Waals surface area (Å²) < 4.78 is 1.44. The maximum Gasteiger partial charge on any atom is 0.286 e. The standard InChI is InChI=1S/C18H15Cl2N3O2/c1-23-15(10-14(19)17(23)20)18(25)22-21-16(24)9-12-7-4-6-11-5-2-3-8-13(11)12/h2-8,10H,9H2,1H3,(H,21,24)(H,22,25). The Kier molecular flexibility index (Phi) is 4.97. The number of nitrogens with zero attached hydrogens (tertiary/aromatic N) is 1. The summed E-state index contributed by atoms with van der Waals surface area (Å²) in [6.45, 7) is 0. The SMILES string of the molecule is Cn1c(C(=O)NNC(=O)Cc2cccc3ccccc23)cc(Cl)c1Cl. The third kappa shape index (κ3) is 3.62. The molecule has 3 aromatic rings. The topological polar surface area (TPSA) is 63.1 Å². The van der Waals surface area contributed by atoms with Gasteiger partial charge in [-0.3, -0.25) is 20.4 Å². The Morgan fingerprint density at radius 2 is 1.76 bits per heavy atom. The molecule has 3 rings (SSSR count). The van der Waals surface area contributed by atoms with Gasteiger partial charge < -0.3 is 4.57 Å². The average Bonchev–Trinajstić information content (AvgIpc) is 2.87. The third-order valence-corrected chi connectivity index (χ3v) is 4.74. The lowest BCUT2D eigenvalue weighted by molar-refractivity contribution is -0.121. The third-order valence-electron chi connectivity index (χ3n) is 3.90. The smallest absolute Gasteiger partial charge is 0.286 e. The quantitative estimate of drug-likeness (QED) is 0.688. The minimum absolute atomic E-state index is 0.149. The van der Waals surface area contributed by atoms with E-state index in [-0.39, 0.29) is 28.2 Å². The molecule has 0 radical (unpaired) electrons. The van der Waals surface area contributed by atoms with Gasteiger partial charge in [0, 0.05) is 7.05 Å². The van der Waals surface area contributed by atoms with Crippen LogP contribution in [-0.4, -0.2) is 16.4 Å². The number of rotatable bonds is 3. The first-order valence-electron chi connectivity index (χ1n) is 7.54. The first-order chi connectivity index (χ1) is 12.0. The zero-order valence-electron chi connectivity index (χ0n) is 13.3. The predicted octanol–water partition coefficient (Wildman–Crippen LogP) is 3.49. The highest BCUT2D eigenvalue weighted by Gasteiger charge is 2.16. The second-order valence-corrected chi connectivity index (χ2v) is 6.31. The molecule has 0 fully saturated rings. The summed E-state index contributed by atoms with van der Waals surface area (Å²) in [6.07, 6.45) is 0.149. The summed E-state index contributed by atoms with van der Waals surface area (Å²) in [5, 5.41) is 2.60. The molecule has 0 unspecified atom stereocenters. The van der Waals surface area contributed by atoms with Crippen LogP contribution in [0.5, 0.6) is 0 Å². The van der Waals surface area contributed by atoms with Crippen molar-refractivity contribution in [3.05, 3.63) is 70.0 Å². The number of fused-ring (bicyclic) bond motifs is 1. The summed E-state index contributed by atoms with van der Waals surface area (Å²) in [6, 6.07) is 15.0. The number of halogens is 2. The molecule has 0 aliphatic carbocycles. The molecular formula is C18H15Cl2N3O2. The monoisotopic (exact) mass is 375 g/mol. The zero-order chi connectivity index (χ0) is 18.0. The first-order valence-corrected chi connectivity index (χ1v) is 8.29. The van der Waals surface area contributed by atoms with Crippen molar-refractivity contribution in [3.8, 4) is 0 Å². The summed E-state index contributed by atoms with van der Waals surface area (Å²) in [5.41, 5.74) is 5.92. The highest BCUT2D eigenvalue weighted by atomic mass is 35.5. The molecule has 1 heterocycles. The van der Waals surface area contributed by atoms with Gasteiger partial charge in [-0.15, -0.1) is 0 Å². The van der Waals surface area contributed by atoms with Crippen LogP contribution in [0.25, 0.3) is 10.8 Å². The predicted molar refractivity (Wildman–Crippen MR) is 98.7 cm³/mol. The van der Waals surface area contributed by atoms with E-state index < -0.39 is 5.91 Å². The minimum atomic E-state index is -0.498. The molecule has 5 nitrogen and oxygen atoms in total. The van der Waals surface area contributed by atoms with Crippen molar-refractivity contribution in [1.82, 2.24) is 15.4 Å². The number of hydrogen-bond donors (Lipinski definition) is 2. The van der Waals surface area contributed by atoms with Gasteiger partial charge in [0.2, 0.25) is 5.91 Å². The van der Waals surface area contributed by atoms with Gasteiger partial charge in [0.15, 0.2) is 0 Å². The normalized spacial score (nSPS) is 10.7. The molecule has 2 aromatic carbocycles.